The van der Waals surface area contributed by atoms with Gasteiger partial charge in [0, 0.05) is 24.8 Å². The molecule has 13 aliphatic rings. The van der Waals surface area contributed by atoms with E-state index in [1.807, 2.05) is 62.3 Å². The molecular formula is C86H171NO18S. The van der Waals surface area contributed by atoms with Crippen LogP contribution < -0.4 is 5.32 Å². The summed E-state index contributed by atoms with van der Waals surface area (Å²) >= 11 is 0. The minimum absolute atomic E-state index is 0. The zero-order valence-electron chi connectivity index (χ0n) is 62.8. The SMILES string of the molecule is C.C.C.C.C.C.C.C.C.C.CC12CC3CC(C1)CC(O)(C3)C2.CCC(C)(C)C(=O)O.CCC(C)(C)C(=O)O.CCC(C)(C)C(=O)OC1(CC)C2CC3CC(C2)CC1C3.CCC(C)(C)C(=O)OC1CCOC1=O.CCC1(OC(=O)C(C)(C)CC)CCCCC1.CCCNC(=O)OC1C2CC3C1OS(=O)(=O)C3C2. The lowest BCUT2D eigenvalue weighted by molar-refractivity contribution is -0.218. The third-order valence-electron chi connectivity index (χ3n) is 24.9. The smallest absolute Gasteiger partial charge is 0.407 e. The maximum atomic E-state index is 12.6. The Morgan fingerprint density at radius 2 is 0.962 bits per heavy atom. The van der Waals surface area contributed by atoms with Gasteiger partial charge in [-0.25, -0.2) is 9.59 Å². The molecule has 2 saturated heterocycles. The van der Waals surface area contributed by atoms with Crippen LogP contribution in [0.3, 0.4) is 0 Å². The fraction of sp³-hybridized carbons (Fsp3) is 0.919. The van der Waals surface area contributed by atoms with Crippen molar-refractivity contribution in [3.63, 3.8) is 0 Å². The molecule has 1 amide bonds. The van der Waals surface area contributed by atoms with E-state index in [9.17, 15) is 47.1 Å². The van der Waals surface area contributed by atoms with Crippen molar-refractivity contribution in [3.8, 4) is 0 Å². The summed E-state index contributed by atoms with van der Waals surface area (Å²) in [5, 5.41) is 29.4. The van der Waals surface area contributed by atoms with Crippen LogP contribution in [0.4, 0.5) is 4.79 Å². The Bertz CT molecular complexity index is 2660. The molecular weight excluding hydrogens is 1370 g/mol. The third kappa shape index (κ3) is 28.3. The lowest BCUT2D eigenvalue weighted by Crippen LogP contribution is -2.60. The normalized spacial score (nSPS) is 30.2. The van der Waals surface area contributed by atoms with Crippen molar-refractivity contribution in [2.24, 2.45) is 79.8 Å². The van der Waals surface area contributed by atoms with E-state index in [2.05, 4.69) is 33.0 Å². The molecule has 0 aromatic carbocycles. The van der Waals surface area contributed by atoms with E-state index in [1.54, 1.807) is 41.5 Å². The summed E-state index contributed by atoms with van der Waals surface area (Å²) in [6.07, 6.45) is 26.3. The molecule has 2 heterocycles. The number of ether oxygens (including phenoxy) is 5. The van der Waals surface area contributed by atoms with Gasteiger partial charge in [0.05, 0.1) is 44.5 Å². The van der Waals surface area contributed by atoms with Crippen LogP contribution in [-0.4, -0.2) is 119 Å². The van der Waals surface area contributed by atoms with Gasteiger partial charge in [-0.3, -0.25) is 28.2 Å². The number of hydrogen-bond donors (Lipinski definition) is 4. The highest BCUT2D eigenvalue weighted by Crippen LogP contribution is 2.63. The molecule has 20 heteroatoms. The molecule has 8 atom stereocenters. The number of rotatable bonds is 18. The van der Waals surface area contributed by atoms with Gasteiger partial charge < -0.3 is 44.3 Å². The second kappa shape index (κ2) is 45.5. The summed E-state index contributed by atoms with van der Waals surface area (Å²) in [7, 11) is -3.43. The van der Waals surface area contributed by atoms with E-state index in [0.29, 0.717) is 62.5 Å². The highest BCUT2D eigenvalue weighted by molar-refractivity contribution is 7.87. The van der Waals surface area contributed by atoms with Gasteiger partial charge in [0.2, 0.25) is 6.10 Å². The van der Waals surface area contributed by atoms with E-state index in [1.165, 1.54) is 70.6 Å². The predicted octanol–water partition coefficient (Wildman–Crippen LogP) is 22.3. The molecule has 2 aliphatic heterocycles. The molecule has 8 unspecified atom stereocenters. The highest BCUT2D eigenvalue weighted by atomic mass is 32.2. The molecule has 634 valence electrons. The quantitative estimate of drug-likeness (QED) is 0.0563. The summed E-state index contributed by atoms with van der Waals surface area (Å²) in [4.78, 5) is 79.4. The van der Waals surface area contributed by atoms with Gasteiger partial charge in [0.25, 0.3) is 10.1 Å². The van der Waals surface area contributed by atoms with E-state index in [0.717, 1.165) is 94.3 Å². The first-order chi connectivity index (χ1) is 44.4. The van der Waals surface area contributed by atoms with Crippen LogP contribution in [0.15, 0.2) is 0 Å². The van der Waals surface area contributed by atoms with E-state index in [4.69, 9.17) is 38.1 Å². The number of cyclic esters (lactones) is 1. The number of fused-ring (bicyclic) bond motifs is 1. The van der Waals surface area contributed by atoms with E-state index >= 15 is 0 Å². The number of hydrogen-bond acceptors (Lipinski definition) is 16. The second-order valence-electron chi connectivity index (χ2n) is 34.4. The second-order valence-corrected chi connectivity index (χ2v) is 36.2. The average Bonchev–Trinajstić information content (AvgIpc) is 1.26. The van der Waals surface area contributed by atoms with Crippen molar-refractivity contribution in [2.75, 3.05) is 13.2 Å². The van der Waals surface area contributed by atoms with Crippen molar-refractivity contribution in [1.82, 2.24) is 5.32 Å². The Labute approximate surface area is 651 Å². The van der Waals surface area contributed by atoms with Gasteiger partial charge in [-0.1, -0.05) is 143 Å². The van der Waals surface area contributed by atoms with E-state index < -0.39 is 68.7 Å². The first-order valence-electron chi connectivity index (χ1n) is 37.3. The van der Waals surface area contributed by atoms with Gasteiger partial charge in [-0.15, -0.1) is 0 Å². The number of esters is 4. The minimum Gasteiger partial charge on any atom is -0.481 e. The molecule has 11 aliphatic carbocycles. The molecule has 106 heavy (non-hydrogen) atoms. The summed E-state index contributed by atoms with van der Waals surface area (Å²) in [5.41, 5.74) is -2.28. The number of carbonyl (C=O) groups is 7. The Morgan fingerprint density at radius 1 is 0.538 bits per heavy atom. The highest BCUT2D eigenvalue weighted by Gasteiger charge is 2.66. The molecule has 0 radical (unpaired) electrons. The number of aliphatic carboxylic acids is 2. The standard InChI is InChI=1S/C18H30O2.C14H26O2.C11H17NO5S.C11H18O.C10H16O4.2C6H12O2.10CH4/c1-5-17(3,4)16(19)20-18(6-2)14-8-12-7-13(10-14)11-15(18)9-12;1-5-13(3,4)12(15)16-14(6-2)10-8-7-9-11-14;1-2-3-12-11(13)16-9-6-4-7-8(5-6)18(14,15)17-10(7)9;1-10-3-8-2-9(4-10)6-11(12,5-8)7-10;1-4-10(2,3)9(12)14-7-5-6-13-8(7)11;2*1-4-6(2,3)5(7)8;;;;;;;;;;/h12-15H,5-11H2,1-4H3;5-11H2,1-4H3;6-10H,2-5H2,1H3,(H,12,13);8-9,12H,2-7H2,1H3;7H,4-6H2,1-3H3;2*4H2,1-3H3,(H,7,8);10*1H4. The topological polar surface area (TPSA) is 282 Å². The Balaban J connectivity index is -0.000000276. The predicted molar refractivity (Wildman–Crippen MR) is 437 cm³/mol. The van der Waals surface area contributed by atoms with Crippen LogP contribution in [0.1, 0.15) is 379 Å². The van der Waals surface area contributed by atoms with Gasteiger partial charge in [-0.05, 0) is 271 Å². The maximum absolute atomic E-state index is 12.6. The number of carboxylic acid groups (broad SMARTS) is 2. The zero-order valence-corrected chi connectivity index (χ0v) is 63.6. The number of carbonyl (C=O) groups excluding carboxylic acids is 5. The van der Waals surface area contributed by atoms with Gasteiger partial charge in [0.15, 0.2) is 0 Å². The number of alkyl carbamates (subject to hydrolysis) is 1. The average molecular weight is 1540 g/mol. The Hall–Kier alpha value is -4.04. The Morgan fingerprint density at radius 3 is 1.32 bits per heavy atom. The van der Waals surface area contributed by atoms with Gasteiger partial charge >= 0.3 is 41.9 Å². The fourth-order valence-corrected chi connectivity index (χ4v) is 18.8. The molecule has 10 bridgehead atoms. The zero-order chi connectivity index (χ0) is 72.4. The van der Waals surface area contributed by atoms with Gasteiger partial charge in [0.1, 0.15) is 23.4 Å². The molecule has 4 N–H and O–H groups in total. The third-order valence-corrected chi connectivity index (χ3v) is 26.7. The van der Waals surface area contributed by atoms with Crippen LogP contribution in [0, 0.1) is 79.8 Å². The molecule has 13 fully saturated rings. The molecule has 11 saturated carbocycles. The first-order valence-corrected chi connectivity index (χ1v) is 38.8. The number of carboxylic acids is 2. The summed E-state index contributed by atoms with van der Waals surface area (Å²) in [6, 6.07) is 0. The molecule has 19 nitrogen and oxygen atoms in total. The summed E-state index contributed by atoms with van der Waals surface area (Å²) in [5.74, 6) is 2.83. The number of nitrogens with one attached hydrogen (secondary N) is 1. The summed E-state index contributed by atoms with van der Waals surface area (Å²) < 4.78 is 55.7. The lowest BCUT2D eigenvalue weighted by Gasteiger charge is -2.60. The molecule has 0 aromatic rings. The monoisotopic (exact) mass is 1540 g/mol. The van der Waals surface area contributed by atoms with E-state index in [-0.39, 0.29) is 137 Å². The number of amides is 1. The van der Waals surface area contributed by atoms with Crippen molar-refractivity contribution in [2.45, 2.75) is 420 Å². The van der Waals surface area contributed by atoms with Crippen LogP contribution in [0.5, 0.6) is 0 Å². The Kier molecular flexibility index (Phi) is 48.4. The fourth-order valence-electron chi connectivity index (χ4n) is 16.9. The van der Waals surface area contributed by atoms with Crippen LogP contribution in [-0.2, 0) is 66.8 Å². The van der Waals surface area contributed by atoms with Crippen molar-refractivity contribution in [1.29, 1.82) is 0 Å². The largest absolute Gasteiger partial charge is 0.481 e. The summed E-state index contributed by atoms with van der Waals surface area (Å²) in [6.45, 7) is 37.9. The lowest BCUT2D eigenvalue weighted by atomic mass is 9.48. The van der Waals surface area contributed by atoms with Crippen molar-refractivity contribution < 1.29 is 85.2 Å². The minimum atomic E-state index is -3.43. The van der Waals surface area contributed by atoms with Crippen molar-refractivity contribution >= 4 is 52.0 Å². The molecule has 0 spiro atoms. The first kappa shape index (κ1) is 113. The van der Waals surface area contributed by atoms with Crippen LogP contribution >= 0.6 is 0 Å². The van der Waals surface area contributed by atoms with Gasteiger partial charge in [-0.2, -0.15) is 8.42 Å². The van der Waals surface area contributed by atoms with Crippen LogP contribution in [0.2, 0.25) is 0 Å². The maximum Gasteiger partial charge on any atom is 0.407 e. The molecule has 0 aromatic heterocycles. The molecule has 13 rings (SSSR count). The van der Waals surface area contributed by atoms with Crippen molar-refractivity contribution in [3.05, 3.63) is 0 Å². The van der Waals surface area contributed by atoms with Crippen LogP contribution in [0.25, 0.3) is 0 Å². The number of aliphatic hydroxyl groups is 1.